The highest BCUT2D eigenvalue weighted by Crippen LogP contribution is 2.15. The van der Waals surface area contributed by atoms with Gasteiger partial charge >= 0.3 is 0 Å². The van der Waals surface area contributed by atoms with Gasteiger partial charge in [0.1, 0.15) is 0 Å². The Kier molecular flexibility index (Phi) is 2.32. The molecule has 11 heavy (non-hydrogen) atoms. The van der Waals surface area contributed by atoms with Gasteiger partial charge in [-0.2, -0.15) is 0 Å². The molecule has 1 rings (SSSR count). The molecule has 0 aliphatic carbocycles. The van der Waals surface area contributed by atoms with Gasteiger partial charge in [-0.25, -0.2) is 0 Å². The highest BCUT2D eigenvalue weighted by Gasteiger charge is 1.94. The molecule has 0 saturated carbocycles. The molecule has 0 spiro atoms. The minimum Gasteiger partial charge on any atom is -0.398 e. The standard InChI is InChI=1S/C10H13N/c1-3-8-5-6-9(4-2)10(11)7-8/h4-7H,2-3,11H2,1H3. The van der Waals surface area contributed by atoms with Crippen LogP contribution in [0.15, 0.2) is 24.8 Å². The highest BCUT2D eigenvalue weighted by molar-refractivity contribution is 5.63. The predicted octanol–water partition coefficient (Wildman–Crippen LogP) is 2.47. The van der Waals surface area contributed by atoms with Gasteiger partial charge in [0.2, 0.25) is 0 Å². The zero-order valence-corrected chi connectivity index (χ0v) is 6.80. The molecular formula is C10H13N. The van der Waals surface area contributed by atoms with Crippen molar-refractivity contribution in [2.24, 2.45) is 0 Å². The monoisotopic (exact) mass is 147 g/mol. The first kappa shape index (κ1) is 7.86. The molecule has 0 aliphatic heterocycles. The normalized spacial score (nSPS) is 9.55. The second kappa shape index (κ2) is 3.24. The minimum absolute atomic E-state index is 0.819. The summed E-state index contributed by atoms with van der Waals surface area (Å²) in [6.45, 7) is 5.78. The van der Waals surface area contributed by atoms with E-state index < -0.39 is 0 Å². The molecule has 0 saturated heterocycles. The highest BCUT2D eigenvalue weighted by atomic mass is 14.6. The number of hydrogen-bond donors (Lipinski definition) is 1. The maximum atomic E-state index is 5.74. The fraction of sp³-hybridized carbons (Fsp3) is 0.200. The molecule has 1 aromatic carbocycles. The zero-order chi connectivity index (χ0) is 8.27. The van der Waals surface area contributed by atoms with Gasteiger partial charge in [-0.1, -0.05) is 31.7 Å². The summed E-state index contributed by atoms with van der Waals surface area (Å²) in [6.07, 6.45) is 2.80. The summed E-state index contributed by atoms with van der Waals surface area (Å²) in [4.78, 5) is 0. The molecule has 0 unspecified atom stereocenters. The molecule has 0 aromatic heterocycles. The molecular weight excluding hydrogens is 134 g/mol. The van der Waals surface area contributed by atoms with Gasteiger partial charge in [0.05, 0.1) is 0 Å². The van der Waals surface area contributed by atoms with E-state index in [-0.39, 0.29) is 0 Å². The van der Waals surface area contributed by atoms with Crippen molar-refractivity contribution < 1.29 is 0 Å². The van der Waals surface area contributed by atoms with E-state index in [0.29, 0.717) is 0 Å². The van der Waals surface area contributed by atoms with Crippen molar-refractivity contribution in [1.82, 2.24) is 0 Å². The number of rotatable bonds is 2. The predicted molar refractivity (Wildman–Crippen MR) is 50.3 cm³/mol. The fourth-order valence-corrected chi connectivity index (χ4v) is 1.03. The molecule has 0 fully saturated rings. The van der Waals surface area contributed by atoms with Gasteiger partial charge in [-0.05, 0) is 23.6 Å². The Labute approximate surface area is 67.5 Å². The first-order valence-corrected chi connectivity index (χ1v) is 3.78. The first-order valence-electron chi connectivity index (χ1n) is 3.78. The summed E-state index contributed by atoms with van der Waals surface area (Å²) in [7, 11) is 0. The summed E-state index contributed by atoms with van der Waals surface area (Å²) in [5, 5.41) is 0. The van der Waals surface area contributed by atoms with Gasteiger partial charge in [-0.3, -0.25) is 0 Å². The van der Waals surface area contributed by atoms with Crippen molar-refractivity contribution in [2.75, 3.05) is 5.73 Å². The third kappa shape index (κ3) is 1.61. The third-order valence-electron chi connectivity index (χ3n) is 1.78. The van der Waals surface area contributed by atoms with E-state index in [1.807, 2.05) is 12.1 Å². The summed E-state index contributed by atoms with van der Waals surface area (Å²) in [5.74, 6) is 0. The van der Waals surface area contributed by atoms with Gasteiger partial charge < -0.3 is 5.73 Å². The van der Waals surface area contributed by atoms with Crippen LogP contribution >= 0.6 is 0 Å². The Hall–Kier alpha value is -1.24. The van der Waals surface area contributed by atoms with Gasteiger partial charge in [-0.15, -0.1) is 0 Å². The van der Waals surface area contributed by atoms with Crippen LogP contribution in [0.4, 0.5) is 5.69 Å². The topological polar surface area (TPSA) is 26.0 Å². The van der Waals surface area contributed by atoms with E-state index in [1.54, 1.807) is 6.08 Å². The molecule has 0 atom stereocenters. The molecule has 0 heterocycles. The van der Waals surface area contributed by atoms with Crippen molar-refractivity contribution in [2.45, 2.75) is 13.3 Å². The van der Waals surface area contributed by atoms with Crippen LogP contribution in [-0.4, -0.2) is 0 Å². The molecule has 1 aromatic rings. The molecule has 1 nitrogen and oxygen atoms in total. The fourth-order valence-electron chi connectivity index (χ4n) is 1.03. The van der Waals surface area contributed by atoms with E-state index in [9.17, 15) is 0 Å². The van der Waals surface area contributed by atoms with Crippen LogP contribution in [-0.2, 0) is 6.42 Å². The third-order valence-corrected chi connectivity index (χ3v) is 1.78. The molecule has 0 radical (unpaired) electrons. The van der Waals surface area contributed by atoms with E-state index >= 15 is 0 Å². The SMILES string of the molecule is C=Cc1ccc(CC)cc1N. The summed E-state index contributed by atoms with van der Waals surface area (Å²) in [5.41, 5.74) is 8.84. The van der Waals surface area contributed by atoms with E-state index in [2.05, 4.69) is 19.6 Å². The number of anilines is 1. The van der Waals surface area contributed by atoms with Gasteiger partial charge in [0, 0.05) is 5.69 Å². The lowest BCUT2D eigenvalue weighted by Crippen LogP contribution is -1.90. The Morgan fingerprint density at radius 1 is 1.55 bits per heavy atom. The number of benzene rings is 1. The molecule has 0 amide bonds. The largest absolute Gasteiger partial charge is 0.398 e. The van der Waals surface area contributed by atoms with Crippen LogP contribution in [0.25, 0.3) is 6.08 Å². The number of nitrogen functional groups attached to an aromatic ring is 1. The van der Waals surface area contributed by atoms with E-state index in [1.165, 1.54) is 5.56 Å². The van der Waals surface area contributed by atoms with E-state index in [4.69, 9.17) is 5.73 Å². The number of aryl methyl sites for hydroxylation is 1. The van der Waals surface area contributed by atoms with Gasteiger partial charge in [0.15, 0.2) is 0 Å². The second-order valence-electron chi connectivity index (χ2n) is 2.52. The molecule has 0 aliphatic rings. The molecule has 0 bridgehead atoms. The average molecular weight is 147 g/mol. The zero-order valence-electron chi connectivity index (χ0n) is 6.80. The van der Waals surface area contributed by atoms with Crippen LogP contribution in [0.5, 0.6) is 0 Å². The number of hydrogen-bond acceptors (Lipinski definition) is 1. The summed E-state index contributed by atoms with van der Waals surface area (Å²) >= 11 is 0. The molecule has 58 valence electrons. The maximum absolute atomic E-state index is 5.74. The van der Waals surface area contributed by atoms with Gasteiger partial charge in [0.25, 0.3) is 0 Å². The van der Waals surface area contributed by atoms with Crippen molar-refractivity contribution >= 4 is 11.8 Å². The quantitative estimate of drug-likeness (QED) is 0.639. The number of nitrogens with two attached hydrogens (primary N) is 1. The lowest BCUT2D eigenvalue weighted by molar-refractivity contribution is 1.14. The Bertz CT molecular complexity index is 264. The minimum atomic E-state index is 0.819. The smallest absolute Gasteiger partial charge is 0.0390 e. The van der Waals surface area contributed by atoms with E-state index in [0.717, 1.165) is 17.7 Å². The lowest BCUT2D eigenvalue weighted by Gasteiger charge is -2.01. The lowest BCUT2D eigenvalue weighted by atomic mass is 10.1. The maximum Gasteiger partial charge on any atom is 0.0390 e. The molecule has 2 N–H and O–H groups in total. The van der Waals surface area contributed by atoms with Crippen LogP contribution in [0.1, 0.15) is 18.1 Å². The summed E-state index contributed by atoms with van der Waals surface area (Å²) < 4.78 is 0. The second-order valence-corrected chi connectivity index (χ2v) is 2.52. The van der Waals surface area contributed by atoms with Crippen molar-refractivity contribution in [1.29, 1.82) is 0 Å². The van der Waals surface area contributed by atoms with Crippen LogP contribution < -0.4 is 5.73 Å². The Morgan fingerprint density at radius 3 is 2.73 bits per heavy atom. The van der Waals surface area contributed by atoms with Crippen LogP contribution in [0.3, 0.4) is 0 Å². The first-order chi connectivity index (χ1) is 5.27. The molecule has 1 heteroatoms. The Morgan fingerprint density at radius 2 is 2.27 bits per heavy atom. The van der Waals surface area contributed by atoms with Crippen molar-refractivity contribution in [3.63, 3.8) is 0 Å². The van der Waals surface area contributed by atoms with Crippen LogP contribution in [0.2, 0.25) is 0 Å². The average Bonchev–Trinajstić information content (AvgIpc) is 2.04. The Balaban J connectivity index is 3.09. The van der Waals surface area contributed by atoms with Crippen molar-refractivity contribution in [3.8, 4) is 0 Å². The van der Waals surface area contributed by atoms with Crippen LogP contribution in [0, 0.1) is 0 Å². The van der Waals surface area contributed by atoms with Crippen molar-refractivity contribution in [3.05, 3.63) is 35.9 Å². The summed E-state index contributed by atoms with van der Waals surface area (Å²) in [6, 6.07) is 6.07.